The number of unbranched alkanes of at least 4 members (excludes halogenated alkanes) is 2. The van der Waals surface area contributed by atoms with Crippen LogP contribution in [0.25, 0.3) is 0 Å². The molecule has 0 saturated heterocycles. The van der Waals surface area contributed by atoms with Crippen molar-refractivity contribution in [2.75, 3.05) is 25.6 Å². The van der Waals surface area contributed by atoms with E-state index >= 15 is 0 Å². The minimum atomic E-state index is -0.910. The second kappa shape index (κ2) is 11.6. The van der Waals surface area contributed by atoms with Crippen LogP contribution in [0.5, 0.6) is 5.75 Å². The number of carbonyl (C=O) groups excluding carboxylic acids is 2. The second-order valence-electron chi connectivity index (χ2n) is 6.63. The van der Waals surface area contributed by atoms with Crippen molar-refractivity contribution in [3.05, 3.63) is 23.8 Å². The molecule has 0 bridgehead atoms. The Hall–Kier alpha value is -2.08. The number of hydrogen-bond donors (Lipinski definition) is 1. The Morgan fingerprint density at radius 3 is 2.44 bits per heavy atom. The summed E-state index contributed by atoms with van der Waals surface area (Å²) in [6, 6.07) is 4.97. The SMILES string of the molecule is CCCCCC(C)(OCC)C(=O)Nc1ccc(OCCC)c(C(=O)OC)c1. The summed E-state index contributed by atoms with van der Waals surface area (Å²) in [7, 11) is 1.32. The van der Waals surface area contributed by atoms with Gasteiger partial charge in [0.2, 0.25) is 0 Å². The summed E-state index contributed by atoms with van der Waals surface area (Å²) < 4.78 is 16.2. The Morgan fingerprint density at radius 2 is 1.85 bits per heavy atom. The zero-order chi connectivity index (χ0) is 20.3. The number of benzene rings is 1. The van der Waals surface area contributed by atoms with E-state index in [1.54, 1.807) is 25.1 Å². The van der Waals surface area contributed by atoms with E-state index in [1.807, 2.05) is 13.8 Å². The van der Waals surface area contributed by atoms with Gasteiger partial charge in [-0.2, -0.15) is 0 Å². The second-order valence-corrected chi connectivity index (χ2v) is 6.63. The van der Waals surface area contributed by atoms with Crippen LogP contribution in [0.2, 0.25) is 0 Å². The molecular formula is C21H33NO5. The maximum absolute atomic E-state index is 12.8. The third kappa shape index (κ3) is 6.86. The van der Waals surface area contributed by atoms with Gasteiger partial charge in [-0.15, -0.1) is 0 Å². The van der Waals surface area contributed by atoms with E-state index in [2.05, 4.69) is 12.2 Å². The number of anilines is 1. The Balaban J connectivity index is 3.00. The molecule has 1 aromatic carbocycles. The first-order chi connectivity index (χ1) is 12.9. The molecule has 6 heteroatoms. The molecule has 1 unspecified atom stereocenters. The Kier molecular flexibility index (Phi) is 9.86. The highest BCUT2D eigenvalue weighted by Gasteiger charge is 2.33. The molecule has 0 spiro atoms. The first-order valence-electron chi connectivity index (χ1n) is 9.72. The van der Waals surface area contributed by atoms with Crippen molar-refractivity contribution in [1.29, 1.82) is 0 Å². The summed E-state index contributed by atoms with van der Waals surface area (Å²) in [6.45, 7) is 8.74. The summed E-state index contributed by atoms with van der Waals surface area (Å²) in [5, 5.41) is 2.87. The van der Waals surface area contributed by atoms with Gasteiger partial charge in [0.25, 0.3) is 5.91 Å². The zero-order valence-corrected chi connectivity index (χ0v) is 17.2. The number of esters is 1. The molecule has 6 nitrogen and oxygen atoms in total. The van der Waals surface area contributed by atoms with E-state index in [9.17, 15) is 9.59 Å². The van der Waals surface area contributed by atoms with E-state index in [-0.39, 0.29) is 11.5 Å². The molecule has 0 fully saturated rings. The molecule has 1 rings (SSSR count). The fourth-order valence-electron chi connectivity index (χ4n) is 2.76. The Morgan fingerprint density at radius 1 is 1.11 bits per heavy atom. The van der Waals surface area contributed by atoms with Crippen LogP contribution in [0, 0.1) is 0 Å². The van der Waals surface area contributed by atoms with Crippen LogP contribution in [-0.2, 0) is 14.3 Å². The minimum absolute atomic E-state index is 0.224. The molecule has 0 aliphatic carbocycles. The van der Waals surface area contributed by atoms with Crippen LogP contribution < -0.4 is 10.1 Å². The van der Waals surface area contributed by atoms with Crippen molar-refractivity contribution in [1.82, 2.24) is 0 Å². The van der Waals surface area contributed by atoms with Crippen LogP contribution in [0.4, 0.5) is 5.69 Å². The maximum atomic E-state index is 12.8. The summed E-state index contributed by atoms with van der Waals surface area (Å²) in [6.07, 6.45) is 4.50. The number of carbonyl (C=O) groups is 2. The van der Waals surface area contributed by atoms with Crippen molar-refractivity contribution in [2.45, 2.75) is 65.4 Å². The van der Waals surface area contributed by atoms with Crippen LogP contribution in [0.15, 0.2) is 18.2 Å². The molecule has 1 atom stereocenters. The fourth-order valence-corrected chi connectivity index (χ4v) is 2.76. The standard InChI is InChI=1S/C21H33NO5/c1-6-9-10-13-21(4,27-8-3)20(24)22-16-11-12-18(26-14-7-2)17(15-16)19(23)25-5/h11-12,15H,6-10,13-14H2,1-5H3,(H,22,24). The van der Waals surface area contributed by atoms with Crippen molar-refractivity contribution in [3.8, 4) is 5.75 Å². The van der Waals surface area contributed by atoms with Crippen LogP contribution in [0.1, 0.15) is 70.2 Å². The Labute approximate surface area is 162 Å². The van der Waals surface area contributed by atoms with Gasteiger partial charge in [-0.05, 0) is 44.9 Å². The Bertz CT molecular complexity index is 617. The van der Waals surface area contributed by atoms with E-state index in [0.717, 1.165) is 25.7 Å². The summed E-state index contributed by atoms with van der Waals surface area (Å²) in [5.41, 5.74) is -0.120. The van der Waals surface area contributed by atoms with Crippen molar-refractivity contribution in [2.24, 2.45) is 0 Å². The van der Waals surface area contributed by atoms with Crippen molar-refractivity contribution in [3.63, 3.8) is 0 Å². The normalized spacial score (nSPS) is 12.9. The predicted molar refractivity (Wildman–Crippen MR) is 106 cm³/mol. The van der Waals surface area contributed by atoms with Crippen molar-refractivity contribution >= 4 is 17.6 Å². The van der Waals surface area contributed by atoms with Gasteiger partial charge in [-0.1, -0.05) is 33.1 Å². The quantitative estimate of drug-likeness (QED) is 0.425. The number of rotatable bonds is 12. The lowest BCUT2D eigenvalue weighted by molar-refractivity contribution is -0.139. The number of methoxy groups -OCH3 is 1. The lowest BCUT2D eigenvalue weighted by Crippen LogP contribution is -2.42. The average Bonchev–Trinajstić information content (AvgIpc) is 2.66. The minimum Gasteiger partial charge on any atom is -0.493 e. The fraction of sp³-hybridized carbons (Fsp3) is 0.619. The van der Waals surface area contributed by atoms with E-state index in [0.29, 0.717) is 31.1 Å². The van der Waals surface area contributed by atoms with Crippen LogP contribution in [-0.4, -0.2) is 37.8 Å². The highest BCUT2D eigenvalue weighted by molar-refractivity contribution is 5.99. The van der Waals surface area contributed by atoms with Gasteiger partial charge in [-0.25, -0.2) is 4.79 Å². The maximum Gasteiger partial charge on any atom is 0.341 e. The van der Waals surface area contributed by atoms with Gasteiger partial charge in [0.15, 0.2) is 0 Å². The third-order valence-electron chi connectivity index (χ3n) is 4.31. The molecule has 1 amide bonds. The van der Waals surface area contributed by atoms with Crippen LogP contribution in [0.3, 0.4) is 0 Å². The first kappa shape index (κ1) is 23.0. The molecule has 0 aliphatic heterocycles. The van der Waals surface area contributed by atoms with Gasteiger partial charge in [0.1, 0.15) is 16.9 Å². The highest BCUT2D eigenvalue weighted by atomic mass is 16.5. The molecule has 152 valence electrons. The zero-order valence-electron chi connectivity index (χ0n) is 17.2. The number of amides is 1. The van der Waals surface area contributed by atoms with Gasteiger partial charge in [0.05, 0.1) is 13.7 Å². The predicted octanol–water partition coefficient (Wildman–Crippen LogP) is 4.58. The largest absolute Gasteiger partial charge is 0.493 e. The molecule has 27 heavy (non-hydrogen) atoms. The number of ether oxygens (including phenoxy) is 3. The third-order valence-corrected chi connectivity index (χ3v) is 4.31. The van der Waals surface area contributed by atoms with Gasteiger partial charge < -0.3 is 19.5 Å². The molecule has 1 N–H and O–H groups in total. The molecule has 0 aromatic heterocycles. The average molecular weight is 379 g/mol. The topological polar surface area (TPSA) is 73.9 Å². The van der Waals surface area contributed by atoms with Crippen molar-refractivity contribution < 1.29 is 23.8 Å². The monoisotopic (exact) mass is 379 g/mol. The summed E-state index contributed by atoms with van der Waals surface area (Å²) in [4.78, 5) is 24.9. The molecule has 0 aliphatic rings. The first-order valence-corrected chi connectivity index (χ1v) is 9.72. The van der Waals surface area contributed by atoms with E-state index in [4.69, 9.17) is 14.2 Å². The van der Waals surface area contributed by atoms with Gasteiger partial charge in [-0.3, -0.25) is 4.79 Å². The smallest absolute Gasteiger partial charge is 0.341 e. The molecule has 0 heterocycles. The molecule has 0 radical (unpaired) electrons. The highest BCUT2D eigenvalue weighted by Crippen LogP contribution is 2.26. The molecular weight excluding hydrogens is 346 g/mol. The molecule has 1 aromatic rings. The van der Waals surface area contributed by atoms with E-state index < -0.39 is 11.6 Å². The van der Waals surface area contributed by atoms with Gasteiger partial charge in [0, 0.05) is 12.3 Å². The van der Waals surface area contributed by atoms with E-state index in [1.165, 1.54) is 7.11 Å². The number of nitrogens with one attached hydrogen (secondary N) is 1. The molecule has 0 saturated carbocycles. The lowest BCUT2D eigenvalue weighted by Gasteiger charge is -2.28. The van der Waals surface area contributed by atoms with Crippen LogP contribution >= 0.6 is 0 Å². The summed E-state index contributed by atoms with van der Waals surface area (Å²) in [5.74, 6) is -0.288. The lowest BCUT2D eigenvalue weighted by atomic mass is 9.96. The number of hydrogen-bond acceptors (Lipinski definition) is 5. The summed E-state index contributed by atoms with van der Waals surface area (Å²) >= 11 is 0. The van der Waals surface area contributed by atoms with Gasteiger partial charge >= 0.3 is 5.97 Å².